The minimum atomic E-state index is 0.0392. The summed E-state index contributed by atoms with van der Waals surface area (Å²) in [7, 11) is 1.55. The third-order valence-corrected chi connectivity index (χ3v) is 2.97. The van der Waals surface area contributed by atoms with Crippen molar-refractivity contribution < 1.29 is 14.7 Å². The first-order valence-electron chi connectivity index (χ1n) is 5.97. The summed E-state index contributed by atoms with van der Waals surface area (Å²) in [6.45, 7) is 1.38. The van der Waals surface area contributed by atoms with Crippen molar-refractivity contribution in [3.8, 4) is 5.75 Å². The van der Waals surface area contributed by atoms with Crippen LogP contribution < -0.4 is 10.5 Å². The van der Waals surface area contributed by atoms with Crippen LogP contribution in [0.15, 0.2) is 23.4 Å². The van der Waals surface area contributed by atoms with Crippen molar-refractivity contribution >= 4 is 5.84 Å². The second-order valence-corrected chi connectivity index (χ2v) is 4.48. The minimum absolute atomic E-state index is 0.0392. The van der Waals surface area contributed by atoms with Crippen molar-refractivity contribution in [3.63, 3.8) is 0 Å². The summed E-state index contributed by atoms with van der Waals surface area (Å²) in [5, 5.41) is 11.6. The van der Waals surface area contributed by atoms with Crippen molar-refractivity contribution in [1.29, 1.82) is 0 Å². The third kappa shape index (κ3) is 3.13. The fourth-order valence-electron chi connectivity index (χ4n) is 1.72. The molecule has 1 aliphatic carbocycles. The molecule has 1 aromatic rings. The first-order chi connectivity index (χ1) is 8.74. The van der Waals surface area contributed by atoms with Crippen LogP contribution in [0.2, 0.25) is 0 Å². The van der Waals surface area contributed by atoms with Crippen molar-refractivity contribution in [2.45, 2.75) is 19.4 Å². The summed E-state index contributed by atoms with van der Waals surface area (Å²) in [4.78, 5) is 0. The molecule has 1 saturated carbocycles. The maximum atomic E-state index is 8.67. The maximum absolute atomic E-state index is 8.67. The van der Waals surface area contributed by atoms with Gasteiger partial charge in [-0.2, -0.15) is 0 Å². The van der Waals surface area contributed by atoms with Crippen LogP contribution >= 0.6 is 0 Å². The van der Waals surface area contributed by atoms with Crippen LogP contribution in [-0.4, -0.2) is 24.8 Å². The van der Waals surface area contributed by atoms with Crippen molar-refractivity contribution in [1.82, 2.24) is 0 Å². The van der Waals surface area contributed by atoms with Gasteiger partial charge in [-0.15, -0.1) is 0 Å². The van der Waals surface area contributed by atoms with Gasteiger partial charge in [-0.3, -0.25) is 0 Å². The molecule has 0 saturated heterocycles. The first kappa shape index (κ1) is 12.7. The Balaban J connectivity index is 2.03. The zero-order valence-electron chi connectivity index (χ0n) is 10.4. The molecule has 5 nitrogen and oxygen atoms in total. The molecule has 0 bridgehead atoms. The molecular weight excluding hydrogens is 232 g/mol. The highest BCUT2D eigenvalue weighted by molar-refractivity contribution is 5.99. The van der Waals surface area contributed by atoms with Crippen LogP contribution in [-0.2, 0) is 11.3 Å². The Morgan fingerprint density at radius 2 is 2.28 bits per heavy atom. The Hall–Kier alpha value is -1.75. The van der Waals surface area contributed by atoms with Gasteiger partial charge in [0.25, 0.3) is 0 Å². The molecule has 18 heavy (non-hydrogen) atoms. The average molecular weight is 250 g/mol. The Morgan fingerprint density at radius 3 is 2.89 bits per heavy atom. The molecule has 0 heterocycles. The second-order valence-electron chi connectivity index (χ2n) is 4.48. The van der Waals surface area contributed by atoms with Gasteiger partial charge in [-0.05, 0) is 36.5 Å². The van der Waals surface area contributed by atoms with Gasteiger partial charge in [0.2, 0.25) is 0 Å². The quantitative estimate of drug-likeness (QED) is 0.349. The summed E-state index contributed by atoms with van der Waals surface area (Å²) in [6, 6.07) is 5.51. The predicted molar refractivity (Wildman–Crippen MR) is 67.9 cm³/mol. The van der Waals surface area contributed by atoms with Crippen molar-refractivity contribution in [2.24, 2.45) is 16.8 Å². The molecule has 1 aromatic carbocycles. The van der Waals surface area contributed by atoms with E-state index in [4.69, 9.17) is 20.4 Å². The van der Waals surface area contributed by atoms with Crippen LogP contribution in [0.25, 0.3) is 0 Å². The zero-order valence-corrected chi connectivity index (χ0v) is 10.4. The molecular formula is C13H18N2O3. The van der Waals surface area contributed by atoms with Crippen LogP contribution in [0, 0.1) is 5.92 Å². The van der Waals surface area contributed by atoms with E-state index in [0.29, 0.717) is 17.9 Å². The lowest BCUT2D eigenvalue weighted by molar-refractivity contribution is 0.111. The fraction of sp³-hybridized carbons (Fsp3) is 0.462. The third-order valence-electron chi connectivity index (χ3n) is 2.97. The molecule has 0 amide bonds. The highest BCUT2D eigenvalue weighted by Crippen LogP contribution is 2.29. The van der Waals surface area contributed by atoms with Gasteiger partial charge >= 0.3 is 0 Å². The molecule has 0 atom stereocenters. The Morgan fingerprint density at radius 1 is 1.50 bits per heavy atom. The number of ether oxygens (including phenoxy) is 2. The van der Waals surface area contributed by atoms with E-state index in [1.807, 2.05) is 12.1 Å². The molecule has 2 rings (SSSR count). The van der Waals surface area contributed by atoms with Crippen molar-refractivity contribution in [2.75, 3.05) is 13.7 Å². The number of hydrogen-bond donors (Lipinski definition) is 2. The van der Waals surface area contributed by atoms with Gasteiger partial charge < -0.3 is 20.4 Å². The number of rotatable bonds is 6. The highest BCUT2D eigenvalue weighted by Gasteiger charge is 2.21. The number of nitrogens with zero attached hydrogens (tertiary/aromatic N) is 1. The number of amidine groups is 1. The topological polar surface area (TPSA) is 77.1 Å². The number of benzene rings is 1. The van der Waals surface area contributed by atoms with Crippen LogP contribution in [0.5, 0.6) is 5.75 Å². The zero-order chi connectivity index (χ0) is 13.0. The fourth-order valence-corrected chi connectivity index (χ4v) is 1.72. The lowest BCUT2D eigenvalue weighted by Crippen LogP contribution is -2.14. The lowest BCUT2D eigenvalue weighted by Gasteiger charge is -2.10. The van der Waals surface area contributed by atoms with Gasteiger partial charge in [0.15, 0.2) is 5.84 Å². The molecule has 3 N–H and O–H groups in total. The molecule has 1 fully saturated rings. The molecule has 1 aliphatic rings. The molecule has 0 unspecified atom stereocenters. The summed E-state index contributed by atoms with van der Waals surface area (Å²) in [6.07, 6.45) is 2.57. The number of oxime groups is 1. The van der Waals surface area contributed by atoms with Gasteiger partial charge in [0.1, 0.15) is 5.75 Å². The standard InChI is InChI=1S/C13H18N2O3/c1-17-12-6-10(8-18-7-9-2-3-9)4-5-11(12)13(14)15-16/h4-6,9,16H,2-3,7-8H2,1H3,(H2,14,15). The Kier molecular flexibility index (Phi) is 4.04. The summed E-state index contributed by atoms with van der Waals surface area (Å²) >= 11 is 0. The van der Waals surface area contributed by atoms with E-state index < -0.39 is 0 Å². The van der Waals surface area contributed by atoms with E-state index >= 15 is 0 Å². The smallest absolute Gasteiger partial charge is 0.173 e. The van der Waals surface area contributed by atoms with E-state index in [0.717, 1.165) is 18.1 Å². The van der Waals surface area contributed by atoms with Crippen LogP contribution in [0.4, 0.5) is 0 Å². The number of nitrogens with two attached hydrogens (primary N) is 1. The second kappa shape index (κ2) is 5.73. The first-order valence-corrected chi connectivity index (χ1v) is 5.97. The summed E-state index contributed by atoms with van der Waals surface area (Å²) in [5.74, 6) is 1.37. The van der Waals surface area contributed by atoms with E-state index in [1.165, 1.54) is 12.8 Å². The predicted octanol–water partition coefficient (Wildman–Crippen LogP) is 1.72. The van der Waals surface area contributed by atoms with Crippen molar-refractivity contribution in [3.05, 3.63) is 29.3 Å². The Labute approximate surface area is 106 Å². The maximum Gasteiger partial charge on any atom is 0.173 e. The summed E-state index contributed by atoms with van der Waals surface area (Å²) < 4.78 is 10.8. The lowest BCUT2D eigenvalue weighted by atomic mass is 10.1. The minimum Gasteiger partial charge on any atom is -0.496 e. The monoisotopic (exact) mass is 250 g/mol. The molecule has 0 aliphatic heterocycles. The average Bonchev–Trinajstić information content (AvgIpc) is 3.21. The van der Waals surface area contributed by atoms with Crippen LogP contribution in [0.3, 0.4) is 0 Å². The molecule has 98 valence electrons. The normalized spacial score (nSPS) is 15.7. The van der Waals surface area contributed by atoms with E-state index in [2.05, 4.69) is 5.16 Å². The number of hydrogen-bond acceptors (Lipinski definition) is 4. The largest absolute Gasteiger partial charge is 0.496 e. The Bertz CT molecular complexity index is 442. The molecule has 0 radical (unpaired) electrons. The van der Waals surface area contributed by atoms with E-state index in [9.17, 15) is 0 Å². The molecule has 0 spiro atoms. The van der Waals surface area contributed by atoms with Crippen LogP contribution in [0.1, 0.15) is 24.0 Å². The molecule has 0 aromatic heterocycles. The SMILES string of the molecule is COc1cc(COCC2CC2)ccc1/C(N)=N/O. The van der Waals surface area contributed by atoms with Gasteiger partial charge in [-0.1, -0.05) is 11.2 Å². The summed E-state index contributed by atoms with van der Waals surface area (Å²) in [5.41, 5.74) is 7.15. The number of methoxy groups -OCH3 is 1. The van der Waals surface area contributed by atoms with E-state index in [1.54, 1.807) is 13.2 Å². The highest BCUT2D eigenvalue weighted by atomic mass is 16.5. The van der Waals surface area contributed by atoms with Gasteiger partial charge in [-0.25, -0.2) is 0 Å². The van der Waals surface area contributed by atoms with Gasteiger partial charge in [0.05, 0.1) is 19.3 Å². The van der Waals surface area contributed by atoms with Gasteiger partial charge in [0, 0.05) is 6.61 Å². The van der Waals surface area contributed by atoms with E-state index in [-0.39, 0.29) is 5.84 Å². The molecule has 5 heteroatoms.